The van der Waals surface area contributed by atoms with Crippen LogP contribution in [0.2, 0.25) is 0 Å². The zero-order chi connectivity index (χ0) is 19.4. The van der Waals surface area contributed by atoms with Crippen molar-refractivity contribution in [3.8, 4) is 6.07 Å². The molecule has 1 saturated carbocycles. The predicted octanol–water partition coefficient (Wildman–Crippen LogP) is 2.77. The molecule has 1 aliphatic heterocycles. The number of nitriles is 1. The third-order valence-corrected chi connectivity index (χ3v) is 5.78. The van der Waals surface area contributed by atoms with Crippen LogP contribution in [0.25, 0.3) is 0 Å². The standard InChI is InChI=1S/C18H21F3N2O3/c1-15(2)10-16(8-12(9-22)13(15)24)11-23(6-7-26-16)14(25)17(4-3-5-17)18(19,20)21/h8H,3-7,10-11H2,1-2H3. The normalized spacial score (nSPS) is 30.4. The second-order valence-corrected chi connectivity index (χ2v) is 8.13. The number of carbonyl (C=O) groups excluding carboxylic acids is 2. The van der Waals surface area contributed by atoms with Crippen LogP contribution in [0.1, 0.15) is 39.5 Å². The number of halogens is 3. The molecule has 2 fully saturated rings. The number of amides is 1. The van der Waals surface area contributed by atoms with Crippen LogP contribution in [0.3, 0.4) is 0 Å². The Labute approximate surface area is 149 Å². The van der Waals surface area contributed by atoms with Gasteiger partial charge in [0.05, 0.1) is 18.7 Å². The SMILES string of the molecule is CC1(C)CC2(C=C(C#N)C1=O)CN(C(=O)C1(C(F)(F)F)CCC1)CCO2. The summed E-state index contributed by atoms with van der Waals surface area (Å²) in [4.78, 5) is 26.2. The second-order valence-electron chi connectivity index (χ2n) is 8.13. The molecule has 1 spiro atoms. The molecule has 1 unspecified atom stereocenters. The van der Waals surface area contributed by atoms with Gasteiger partial charge in [0.15, 0.2) is 5.78 Å². The van der Waals surface area contributed by atoms with Crippen molar-refractivity contribution in [2.24, 2.45) is 10.8 Å². The first-order valence-corrected chi connectivity index (χ1v) is 8.64. The summed E-state index contributed by atoms with van der Waals surface area (Å²) in [6.07, 6.45) is -2.98. The van der Waals surface area contributed by atoms with Crippen LogP contribution < -0.4 is 0 Å². The van der Waals surface area contributed by atoms with Crippen molar-refractivity contribution in [1.29, 1.82) is 5.26 Å². The Bertz CT molecular complexity index is 716. The Morgan fingerprint density at radius 2 is 2.00 bits per heavy atom. The molecule has 5 nitrogen and oxygen atoms in total. The van der Waals surface area contributed by atoms with Crippen LogP contribution >= 0.6 is 0 Å². The van der Waals surface area contributed by atoms with E-state index in [2.05, 4.69) is 0 Å². The summed E-state index contributed by atoms with van der Waals surface area (Å²) in [5.74, 6) is -1.23. The summed E-state index contributed by atoms with van der Waals surface area (Å²) in [5.41, 5.74) is -4.35. The van der Waals surface area contributed by atoms with E-state index < -0.39 is 28.5 Å². The lowest BCUT2D eigenvalue weighted by atomic mass is 9.66. The lowest BCUT2D eigenvalue weighted by Gasteiger charge is -2.50. The van der Waals surface area contributed by atoms with Crippen LogP contribution in [-0.2, 0) is 14.3 Å². The molecule has 3 aliphatic rings. The van der Waals surface area contributed by atoms with E-state index in [9.17, 15) is 28.0 Å². The van der Waals surface area contributed by atoms with Gasteiger partial charge in [0.25, 0.3) is 0 Å². The fourth-order valence-corrected chi connectivity index (χ4v) is 4.28. The minimum atomic E-state index is -4.58. The first-order chi connectivity index (χ1) is 12.0. The van der Waals surface area contributed by atoms with Gasteiger partial charge < -0.3 is 9.64 Å². The van der Waals surface area contributed by atoms with Gasteiger partial charge in [-0.1, -0.05) is 20.3 Å². The lowest BCUT2D eigenvalue weighted by Crippen LogP contribution is -2.62. The molecule has 1 heterocycles. The smallest absolute Gasteiger partial charge is 0.367 e. The Morgan fingerprint density at radius 1 is 1.35 bits per heavy atom. The molecule has 142 valence electrons. The van der Waals surface area contributed by atoms with E-state index in [0.717, 1.165) is 0 Å². The van der Waals surface area contributed by atoms with Gasteiger partial charge in [-0.05, 0) is 25.3 Å². The fourth-order valence-electron chi connectivity index (χ4n) is 4.28. The maximum Gasteiger partial charge on any atom is 0.403 e. The molecule has 26 heavy (non-hydrogen) atoms. The van der Waals surface area contributed by atoms with Crippen LogP contribution in [0, 0.1) is 22.2 Å². The molecule has 1 atom stereocenters. The first kappa shape index (κ1) is 18.9. The maximum absolute atomic E-state index is 13.5. The van der Waals surface area contributed by atoms with Gasteiger partial charge in [-0.3, -0.25) is 9.59 Å². The van der Waals surface area contributed by atoms with Gasteiger partial charge >= 0.3 is 6.18 Å². The monoisotopic (exact) mass is 370 g/mol. The van der Waals surface area contributed by atoms with Crippen molar-refractivity contribution in [1.82, 2.24) is 4.90 Å². The van der Waals surface area contributed by atoms with Crippen LogP contribution in [0.15, 0.2) is 11.6 Å². The van der Waals surface area contributed by atoms with Crippen LogP contribution in [0.5, 0.6) is 0 Å². The molecule has 0 bridgehead atoms. The number of nitrogens with zero attached hydrogens (tertiary/aromatic N) is 2. The summed E-state index contributed by atoms with van der Waals surface area (Å²) < 4.78 is 46.3. The van der Waals surface area contributed by atoms with Crippen LogP contribution in [0.4, 0.5) is 13.2 Å². The van der Waals surface area contributed by atoms with E-state index >= 15 is 0 Å². The van der Waals surface area contributed by atoms with Gasteiger partial charge in [-0.25, -0.2) is 0 Å². The maximum atomic E-state index is 13.5. The van der Waals surface area contributed by atoms with E-state index in [1.54, 1.807) is 13.8 Å². The van der Waals surface area contributed by atoms with Crippen molar-refractivity contribution in [3.05, 3.63) is 11.6 Å². The lowest BCUT2D eigenvalue weighted by molar-refractivity contribution is -0.251. The highest BCUT2D eigenvalue weighted by Gasteiger charge is 2.65. The van der Waals surface area contributed by atoms with Crippen molar-refractivity contribution < 1.29 is 27.5 Å². The Hall–Kier alpha value is -1.88. The minimum absolute atomic E-state index is 0.0651. The zero-order valence-electron chi connectivity index (χ0n) is 14.8. The summed E-state index contributed by atoms with van der Waals surface area (Å²) >= 11 is 0. The molecule has 8 heteroatoms. The molecule has 3 rings (SSSR count). The summed E-state index contributed by atoms with van der Waals surface area (Å²) in [5, 5.41) is 9.24. The molecule has 0 N–H and O–H groups in total. The predicted molar refractivity (Wildman–Crippen MR) is 84.7 cm³/mol. The quantitative estimate of drug-likeness (QED) is 0.712. The molecule has 1 saturated heterocycles. The third kappa shape index (κ3) is 2.73. The molecular formula is C18H21F3N2O3. The molecule has 0 aromatic carbocycles. The van der Waals surface area contributed by atoms with Crippen molar-refractivity contribution >= 4 is 11.7 Å². The van der Waals surface area contributed by atoms with Gasteiger partial charge in [0, 0.05) is 12.0 Å². The van der Waals surface area contributed by atoms with Crippen molar-refractivity contribution in [2.75, 3.05) is 19.7 Å². The number of allylic oxidation sites excluding steroid dienone is 1. The third-order valence-electron chi connectivity index (χ3n) is 5.78. The van der Waals surface area contributed by atoms with Gasteiger partial charge in [0.1, 0.15) is 17.1 Å². The number of ketones is 1. The topological polar surface area (TPSA) is 70.4 Å². The average molecular weight is 370 g/mol. The van der Waals surface area contributed by atoms with E-state index in [1.165, 1.54) is 11.0 Å². The number of hydrogen-bond acceptors (Lipinski definition) is 4. The molecule has 1 amide bonds. The van der Waals surface area contributed by atoms with E-state index in [0.29, 0.717) is 6.42 Å². The van der Waals surface area contributed by atoms with Crippen LogP contribution in [-0.4, -0.2) is 48.1 Å². The number of ether oxygens (including phenoxy) is 1. The number of carbonyl (C=O) groups is 2. The average Bonchev–Trinajstić information content (AvgIpc) is 2.48. The number of Topliss-reactive ketones (excluding diaryl/α,β-unsaturated/α-hetero) is 1. The van der Waals surface area contributed by atoms with E-state index in [4.69, 9.17) is 4.74 Å². The van der Waals surface area contributed by atoms with E-state index in [-0.39, 0.29) is 50.3 Å². The first-order valence-electron chi connectivity index (χ1n) is 8.64. The number of rotatable bonds is 1. The minimum Gasteiger partial charge on any atom is -0.367 e. The summed E-state index contributed by atoms with van der Waals surface area (Å²) in [6.45, 7) is 3.41. The highest BCUT2D eigenvalue weighted by Crippen LogP contribution is 2.54. The van der Waals surface area contributed by atoms with Gasteiger partial charge in [-0.2, -0.15) is 18.4 Å². The van der Waals surface area contributed by atoms with Crippen molar-refractivity contribution in [2.45, 2.75) is 51.3 Å². The summed E-state index contributed by atoms with van der Waals surface area (Å²) in [7, 11) is 0. The second kappa shape index (κ2) is 5.81. The molecule has 0 aromatic rings. The Kier molecular flexibility index (Phi) is 4.22. The molecular weight excluding hydrogens is 349 g/mol. The van der Waals surface area contributed by atoms with Crippen molar-refractivity contribution in [3.63, 3.8) is 0 Å². The number of alkyl halides is 3. The molecule has 0 radical (unpaired) electrons. The highest BCUT2D eigenvalue weighted by atomic mass is 19.4. The van der Waals surface area contributed by atoms with E-state index in [1.807, 2.05) is 6.07 Å². The Balaban J connectivity index is 1.90. The number of morpholine rings is 1. The Morgan fingerprint density at radius 3 is 2.50 bits per heavy atom. The van der Waals surface area contributed by atoms with Gasteiger partial charge in [-0.15, -0.1) is 0 Å². The zero-order valence-corrected chi connectivity index (χ0v) is 14.8. The number of hydrogen-bond donors (Lipinski definition) is 0. The molecule has 0 aromatic heterocycles. The van der Waals surface area contributed by atoms with Gasteiger partial charge in [0.2, 0.25) is 5.91 Å². The summed E-state index contributed by atoms with van der Waals surface area (Å²) in [6, 6.07) is 1.85. The molecule has 2 aliphatic carbocycles. The largest absolute Gasteiger partial charge is 0.403 e. The fraction of sp³-hybridized carbons (Fsp3) is 0.722. The highest BCUT2D eigenvalue weighted by molar-refractivity contribution is 6.04.